The maximum atomic E-state index is 12.8. The molecule has 2 rings (SSSR count). The first-order valence-corrected chi connectivity index (χ1v) is 6.95. The molecule has 0 radical (unpaired) electrons. The summed E-state index contributed by atoms with van der Waals surface area (Å²) in [6.07, 6.45) is -2.39. The minimum Gasteiger partial charge on any atom is -0.314 e. The van der Waals surface area contributed by atoms with Crippen LogP contribution in [0.2, 0.25) is 0 Å². The van der Waals surface area contributed by atoms with E-state index in [1.54, 1.807) is 0 Å². The summed E-state index contributed by atoms with van der Waals surface area (Å²) in [5, 5.41) is 3.25. The van der Waals surface area contributed by atoms with E-state index >= 15 is 0 Å². The lowest BCUT2D eigenvalue weighted by Crippen LogP contribution is -2.45. The molecule has 0 aromatic heterocycles. The second kappa shape index (κ2) is 6.59. The maximum absolute atomic E-state index is 12.8. The number of alkyl halides is 2. The highest BCUT2D eigenvalue weighted by Crippen LogP contribution is 2.32. The zero-order valence-corrected chi connectivity index (χ0v) is 11.7. The lowest BCUT2D eigenvalue weighted by Gasteiger charge is -2.35. The van der Waals surface area contributed by atoms with E-state index < -0.39 is 6.43 Å². The molecular formula is C13H17BrF2N2. The quantitative estimate of drug-likeness (QED) is 0.918. The van der Waals surface area contributed by atoms with Gasteiger partial charge in [-0.1, -0.05) is 34.1 Å². The molecule has 1 N–H and O–H groups in total. The van der Waals surface area contributed by atoms with Crippen molar-refractivity contribution >= 4 is 15.9 Å². The van der Waals surface area contributed by atoms with Gasteiger partial charge in [0.1, 0.15) is 0 Å². The van der Waals surface area contributed by atoms with Crippen molar-refractivity contribution in [3.05, 3.63) is 34.3 Å². The number of nitrogens with zero attached hydrogens (tertiary/aromatic N) is 1. The van der Waals surface area contributed by atoms with Gasteiger partial charge in [0.2, 0.25) is 6.43 Å². The Hall–Kier alpha value is -0.520. The van der Waals surface area contributed by atoms with Crippen LogP contribution >= 0.6 is 15.9 Å². The van der Waals surface area contributed by atoms with Crippen molar-refractivity contribution in [2.24, 2.45) is 0 Å². The summed E-state index contributed by atoms with van der Waals surface area (Å²) in [5.41, 5.74) is 0.958. The van der Waals surface area contributed by atoms with Crippen molar-refractivity contribution in [3.8, 4) is 0 Å². The van der Waals surface area contributed by atoms with Gasteiger partial charge in [0.05, 0.1) is 0 Å². The van der Waals surface area contributed by atoms with Gasteiger partial charge < -0.3 is 5.32 Å². The van der Waals surface area contributed by atoms with Crippen LogP contribution in [-0.2, 0) is 0 Å². The van der Waals surface area contributed by atoms with Crippen molar-refractivity contribution in [3.63, 3.8) is 0 Å². The fourth-order valence-electron chi connectivity index (χ4n) is 2.38. The summed E-state index contributed by atoms with van der Waals surface area (Å²) in [6.45, 7) is 3.37. The first-order chi connectivity index (χ1) is 8.68. The van der Waals surface area contributed by atoms with Crippen molar-refractivity contribution in [2.75, 3.05) is 26.2 Å². The van der Waals surface area contributed by atoms with Crippen molar-refractivity contribution in [2.45, 2.75) is 18.9 Å². The molecule has 0 unspecified atom stereocenters. The Morgan fingerprint density at radius 2 is 1.89 bits per heavy atom. The maximum Gasteiger partial charge on any atom is 0.240 e. The molecule has 2 nitrogen and oxygen atoms in total. The van der Waals surface area contributed by atoms with Gasteiger partial charge in [0, 0.05) is 43.1 Å². The molecule has 5 heteroatoms. The largest absolute Gasteiger partial charge is 0.314 e. The number of nitrogens with one attached hydrogen (secondary N) is 1. The predicted molar refractivity (Wildman–Crippen MR) is 71.9 cm³/mol. The summed E-state index contributed by atoms with van der Waals surface area (Å²) in [5.74, 6) is 0. The van der Waals surface area contributed by atoms with Crippen LogP contribution in [-0.4, -0.2) is 37.5 Å². The van der Waals surface area contributed by atoms with Crippen LogP contribution in [0.25, 0.3) is 0 Å². The number of hydrogen-bond donors (Lipinski definition) is 1. The molecule has 1 aromatic carbocycles. The van der Waals surface area contributed by atoms with Crippen LogP contribution in [0.1, 0.15) is 18.0 Å². The Labute approximate surface area is 114 Å². The first-order valence-electron chi connectivity index (χ1n) is 6.16. The van der Waals surface area contributed by atoms with Gasteiger partial charge in [-0.3, -0.25) is 4.90 Å². The average molecular weight is 319 g/mol. The number of hydrogen-bond acceptors (Lipinski definition) is 2. The second-order valence-electron chi connectivity index (χ2n) is 4.45. The van der Waals surface area contributed by atoms with E-state index in [0.29, 0.717) is 0 Å². The van der Waals surface area contributed by atoms with Crippen LogP contribution in [0, 0.1) is 0 Å². The SMILES string of the molecule is FC(F)C[C@H](c1ccccc1Br)N1CCNCC1. The molecular weight excluding hydrogens is 302 g/mol. The van der Waals surface area contributed by atoms with Gasteiger partial charge in [-0.2, -0.15) is 0 Å². The van der Waals surface area contributed by atoms with E-state index in [4.69, 9.17) is 0 Å². The topological polar surface area (TPSA) is 15.3 Å². The van der Waals surface area contributed by atoms with Gasteiger partial charge >= 0.3 is 0 Å². The Morgan fingerprint density at radius 3 is 2.50 bits per heavy atom. The van der Waals surface area contributed by atoms with E-state index in [0.717, 1.165) is 36.2 Å². The van der Waals surface area contributed by atoms with Gasteiger partial charge in [0.15, 0.2) is 0 Å². The smallest absolute Gasteiger partial charge is 0.240 e. The van der Waals surface area contributed by atoms with E-state index in [1.165, 1.54) is 0 Å². The highest BCUT2D eigenvalue weighted by atomic mass is 79.9. The van der Waals surface area contributed by atoms with Crippen molar-refractivity contribution < 1.29 is 8.78 Å². The van der Waals surface area contributed by atoms with E-state index in [-0.39, 0.29) is 12.5 Å². The predicted octanol–water partition coefficient (Wildman–Crippen LogP) is 3.05. The molecule has 1 aliphatic heterocycles. The Morgan fingerprint density at radius 1 is 1.22 bits per heavy atom. The standard InChI is InChI=1S/C13H17BrF2N2/c14-11-4-2-1-3-10(11)12(9-13(15)16)18-7-5-17-6-8-18/h1-4,12-13,17H,5-9H2/t12-/m1/s1. The van der Waals surface area contributed by atoms with Gasteiger partial charge in [-0.25, -0.2) is 8.78 Å². The number of halogens is 3. The molecule has 1 heterocycles. The summed E-state index contributed by atoms with van der Waals surface area (Å²) >= 11 is 3.47. The molecule has 1 atom stereocenters. The molecule has 0 spiro atoms. The highest BCUT2D eigenvalue weighted by Gasteiger charge is 2.26. The van der Waals surface area contributed by atoms with Crippen LogP contribution < -0.4 is 5.32 Å². The summed E-state index contributed by atoms with van der Waals surface area (Å²) in [6, 6.07) is 7.45. The fraction of sp³-hybridized carbons (Fsp3) is 0.538. The highest BCUT2D eigenvalue weighted by molar-refractivity contribution is 9.10. The summed E-state index contributed by atoms with van der Waals surface area (Å²) in [7, 11) is 0. The van der Waals surface area contributed by atoms with Crippen LogP contribution in [0.3, 0.4) is 0 Å². The zero-order valence-electron chi connectivity index (χ0n) is 10.1. The van der Waals surface area contributed by atoms with E-state index in [2.05, 4.69) is 26.1 Å². The van der Waals surface area contributed by atoms with Crippen LogP contribution in [0.4, 0.5) is 8.78 Å². The molecule has 1 aliphatic rings. The molecule has 0 aliphatic carbocycles. The molecule has 0 amide bonds. The molecule has 100 valence electrons. The number of piperazine rings is 1. The normalized spacial score (nSPS) is 19.1. The van der Waals surface area contributed by atoms with Gasteiger partial charge in [-0.05, 0) is 11.6 Å². The Bertz CT molecular complexity index is 381. The summed E-state index contributed by atoms with van der Waals surface area (Å²) in [4.78, 5) is 2.14. The monoisotopic (exact) mass is 318 g/mol. The lowest BCUT2D eigenvalue weighted by molar-refractivity contribution is 0.0736. The minimum absolute atomic E-state index is 0.109. The van der Waals surface area contributed by atoms with E-state index in [1.807, 2.05) is 24.3 Å². The van der Waals surface area contributed by atoms with Crippen LogP contribution in [0.15, 0.2) is 28.7 Å². The third-order valence-electron chi connectivity index (χ3n) is 3.26. The van der Waals surface area contributed by atoms with Crippen molar-refractivity contribution in [1.82, 2.24) is 10.2 Å². The van der Waals surface area contributed by atoms with E-state index in [9.17, 15) is 8.78 Å². The van der Waals surface area contributed by atoms with Gasteiger partial charge in [-0.15, -0.1) is 0 Å². The molecule has 1 saturated heterocycles. The number of rotatable bonds is 4. The zero-order chi connectivity index (χ0) is 13.0. The molecule has 1 aromatic rings. The summed E-state index contributed by atoms with van der Waals surface area (Å²) < 4.78 is 26.5. The van der Waals surface area contributed by atoms with Crippen molar-refractivity contribution in [1.29, 1.82) is 0 Å². The third-order valence-corrected chi connectivity index (χ3v) is 3.98. The average Bonchev–Trinajstić information content (AvgIpc) is 2.38. The minimum atomic E-state index is -2.28. The Kier molecular flexibility index (Phi) is 5.09. The molecule has 0 bridgehead atoms. The fourth-order valence-corrected chi connectivity index (χ4v) is 2.93. The third kappa shape index (κ3) is 3.49. The Balaban J connectivity index is 2.21. The van der Waals surface area contributed by atoms with Gasteiger partial charge in [0.25, 0.3) is 0 Å². The lowest BCUT2D eigenvalue weighted by atomic mass is 10.0. The van der Waals surface area contributed by atoms with Crippen LogP contribution in [0.5, 0.6) is 0 Å². The second-order valence-corrected chi connectivity index (χ2v) is 5.30. The molecule has 0 saturated carbocycles. The molecule has 18 heavy (non-hydrogen) atoms. The first kappa shape index (κ1) is 13.9. The number of benzene rings is 1. The molecule has 1 fully saturated rings.